The molecule has 2 fully saturated rings. The molecule has 2 unspecified atom stereocenters. The van der Waals surface area contributed by atoms with Crippen molar-refractivity contribution in [2.75, 3.05) is 19.6 Å². The number of nitriles is 1. The van der Waals surface area contributed by atoms with E-state index in [0.717, 1.165) is 45.3 Å². The molecule has 1 heterocycles. The molecule has 0 aromatic rings. The fourth-order valence-electron chi connectivity index (χ4n) is 3.02. The molecule has 0 aromatic heterocycles. The highest BCUT2D eigenvalue weighted by Gasteiger charge is 2.24. The van der Waals surface area contributed by atoms with Gasteiger partial charge < -0.3 is 10.2 Å². The predicted molar refractivity (Wildman–Crippen MR) is 69.8 cm³/mol. The minimum Gasteiger partial charge on any atom is -0.343 e. The summed E-state index contributed by atoms with van der Waals surface area (Å²) in [5.74, 6) is 0.407. The van der Waals surface area contributed by atoms with Crippen molar-refractivity contribution in [3.63, 3.8) is 0 Å². The molecule has 1 saturated carbocycles. The fraction of sp³-hybridized carbons (Fsp3) is 0.857. The standard InChI is InChI=1S/C14H23N3O/c15-11-12-5-1-2-6-13(12)16-8-7-14(18)17-9-3-4-10-17/h12-13,16H,1-10H2. The lowest BCUT2D eigenvalue weighted by molar-refractivity contribution is -0.130. The summed E-state index contributed by atoms with van der Waals surface area (Å²) in [7, 11) is 0. The number of carbonyl (C=O) groups excluding carboxylic acids is 1. The second-order valence-electron chi connectivity index (χ2n) is 5.42. The quantitative estimate of drug-likeness (QED) is 0.824. The third-order valence-electron chi connectivity index (χ3n) is 4.14. The van der Waals surface area contributed by atoms with Crippen molar-refractivity contribution in [3.05, 3.63) is 0 Å². The van der Waals surface area contributed by atoms with Crippen LogP contribution >= 0.6 is 0 Å². The molecule has 1 aliphatic carbocycles. The summed E-state index contributed by atoms with van der Waals surface area (Å²) in [6.45, 7) is 2.59. The largest absolute Gasteiger partial charge is 0.343 e. The van der Waals surface area contributed by atoms with Crippen LogP contribution in [0.1, 0.15) is 44.9 Å². The van der Waals surface area contributed by atoms with Crippen molar-refractivity contribution in [1.29, 1.82) is 5.26 Å². The van der Waals surface area contributed by atoms with Crippen LogP contribution in [0.15, 0.2) is 0 Å². The Kier molecular flexibility index (Phi) is 5.00. The van der Waals surface area contributed by atoms with Crippen LogP contribution in [0.3, 0.4) is 0 Å². The average molecular weight is 249 g/mol. The summed E-state index contributed by atoms with van der Waals surface area (Å²) in [4.78, 5) is 13.8. The number of carbonyl (C=O) groups is 1. The molecule has 0 spiro atoms. The number of nitrogens with zero attached hydrogens (tertiary/aromatic N) is 2. The summed E-state index contributed by atoms with van der Waals surface area (Å²) in [6, 6.07) is 2.69. The molecule has 2 atom stereocenters. The summed E-state index contributed by atoms with van der Waals surface area (Å²) >= 11 is 0. The number of hydrogen-bond donors (Lipinski definition) is 1. The average Bonchev–Trinajstić information content (AvgIpc) is 2.93. The zero-order chi connectivity index (χ0) is 12.8. The van der Waals surface area contributed by atoms with Crippen LogP contribution in [0.2, 0.25) is 0 Å². The molecule has 0 bridgehead atoms. The minimum atomic E-state index is 0.139. The van der Waals surface area contributed by atoms with E-state index in [1.807, 2.05) is 4.90 Å². The van der Waals surface area contributed by atoms with E-state index in [4.69, 9.17) is 5.26 Å². The molecular weight excluding hydrogens is 226 g/mol. The highest BCUT2D eigenvalue weighted by Crippen LogP contribution is 2.23. The molecule has 100 valence electrons. The lowest BCUT2D eigenvalue weighted by atomic mass is 9.85. The van der Waals surface area contributed by atoms with Crippen LogP contribution in [0.5, 0.6) is 0 Å². The van der Waals surface area contributed by atoms with Gasteiger partial charge in [0.25, 0.3) is 0 Å². The van der Waals surface area contributed by atoms with E-state index in [9.17, 15) is 4.79 Å². The third-order valence-corrected chi connectivity index (χ3v) is 4.14. The number of rotatable bonds is 4. The SMILES string of the molecule is N#CC1CCCCC1NCCC(=O)N1CCCC1. The maximum Gasteiger partial charge on any atom is 0.223 e. The Bertz CT molecular complexity index is 317. The van der Waals surface area contributed by atoms with Crippen molar-refractivity contribution >= 4 is 5.91 Å². The monoisotopic (exact) mass is 249 g/mol. The first-order valence-corrected chi connectivity index (χ1v) is 7.22. The molecule has 4 heteroatoms. The first kappa shape index (κ1) is 13.4. The maximum absolute atomic E-state index is 11.9. The van der Waals surface area contributed by atoms with Gasteiger partial charge in [0, 0.05) is 32.1 Å². The Morgan fingerprint density at radius 1 is 1.22 bits per heavy atom. The molecule has 2 aliphatic rings. The molecule has 18 heavy (non-hydrogen) atoms. The number of amides is 1. The molecule has 1 amide bonds. The van der Waals surface area contributed by atoms with Gasteiger partial charge in [-0.1, -0.05) is 12.8 Å². The zero-order valence-electron chi connectivity index (χ0n) is 11.0. The second kappa shape index (κ2) is 6.75. The number of likely N-dealkylation sites (tertiary alicyclic amines) is 1. The Morgan fingerprint density at radius 2 is 1.94 bits per heavy atom. The van der Waals surface area contributed by atoms with E-state index in [2.05, 4.69) is 11.4 Å². The molecule has 2 rings (SSSR count). The molecule has 0 radical (unpaired) electrons. The molecule has 1 aliphatic heterocycles. The van der Waals surface area contributed by atoms with E-state index in [1.165, 1.54) is 12.8 Å². The van der Waals surface area contributed by atoms with Crippen LogP contribution < -0.4 is 5.32 Å². The first-order valence-electron chi connectivity index (χ1n) is 7.22. The van der Waals surface area contributed by atoms with Gasteiger partial charge in [-0.25, -0.2) is 0 Å². The zero-order valence-corrected chi connectivity index (χ0v) is 11.0. The van der Waals surface area contributed by atoms with Crippen molar-refractivity contribution in [2.45, 2.75) is 51.0 Å². The Hall–Kier alpha value is -1.08. The van der Waals surface area contributed by atoms with E-state index in [1.54, 1.807) is 0 Å². The van der Waals surface area contributed by atoms with Gasteiger partial charge in [-0.15, -0.1) is 0 Å². The minimum absolute atomic E-state index is 0.139. The first-order chi connectivity index (χ1) is 8.81. The van der Waals surface area contributed by atoms with Crippen LogP contribution in [0.4, 0.5) is 0 Å². The van der Waals surface area contributed by atoms with Gasteiger partial charge in [-0.2, -0.15) is 5.26 Å². The van der Waals surface area contributed by atoms with E-state index in [0.29, 0.717) is 12.5 Å². The second-order valence-corrected chi connectivity index (χ2v) is 5.42. The summed E-state index contributed by atoms with van der Waals surface area (Å²) < 4.78 is 0. The van der Waals surface area contributed by atoms with Gasteiger partial charge in [0.15, 0.2) is 0 Å². The fourth-order valence-corrected chi connectivity index (χ4v) is 3.02. The lowest BCUT2D eigenvalue weighted by Crippen LogP contribution is -2.40. The Labute approximate surface area is 109 Å². The van der Waals surface area contributed by atoms with Gasteiger partial charge in [-0.3, -0.25) is 4.79 Å². The van der Waals surface area contributed by atoms with E-state index < -0.39 is 0 Å². The van der Waals surface area contributed by atoms with Crippen LogP contribution in [-0.4, -0.2) is 36.5 Å². The molecule has 1 saturated heterocycles. The highest BCUT2D eigenvalue weighted by atomic mass is 16.2. The van der Waals surface area contributed by atoms with Crippen LogP contribution in [0.25, 0.3) is 0 Å². The molecule has 4 nitrogen and oxygen atoms in total. The summed E-state index contributed by atoms with van der Waals surface area (Å²) in [5.41, 5.74) is 0. The third kappa shape index (κ3) is 3.46. The van der Waals surface area contributed by atoms with Crippen molar-refractivity contribution in [2.24, 2.45) is 5.92 Å². The summed E-state index contributed by atoms with van der Waals surface area (Å²) in [6.07, 6.45) is 7.34. The topological polar surface area (TPSA) is 56.1 Å². The Balaban J connectivity index is 1.67. The van der Waals surface area contributed by atoms with Gasteiger partial charge in [0.2, 0.25) is 5.91 Å². The van der Waals surface area contributed by atoms with Gasteiger partial charge in [-0.05, 0) is 25.7 Å². The highest BCUT2D eigenvalue weighted by molar-refractivity contribution is 5.76. The van der Waals surface area contributed by atoms with Gasteiger partial charge in [0.05, 0.1) is 12.0 Å². The number of nitrogens with one attached hydrogen (secondary N) is 1. The predicted octanol–water partition coefficient (Wildman–Crippen LogP) is 1.67. The lowest BCUT2D eigenvalue weighted by Gasteiger charge is -2.27. The van der Waals surface area contributed by atoms with Crippen LogP contribution in [0, 0.1) is 17.2 Å². The maximum atomic E-state index is 11.9. The van der Waals surface area contributed by atoms with E-state index >= 15 is 0 Å². The normalized spacial score (nSPS) is 28.1. The smallest absolute Gasteiger partial charge is 0.223 e. The molecular formula is C14H23N3O. The van der Waals surface area contributed by atoms with Gasteiger partial charge in [0.1, 0.15) is 0 Å². The van der Waals surface area contributed by atoms with Crippen molar-refractivity contribution < 1.29 is 4.79 Å². The van der Waals surface area contributed by atoms with Crippen LogP contribution in [-0.2, 0) is 4.79 Å². The molecule has 0 aromatic carbocycles. The summed E-state index contributed by atoms with van der Waals surface area (Å²) in [5, 5.41) is 12.5. The Morgan fingerprint density at radius 3 is 2.67 bits per heavy atom. The number of hydrogen-bond acceptors (Lipinski definition) is 3. The molecule has 1 N–H and O–H groups in total. The van der Waals surface area contributed by atoms with E-state index in [-0.39, 0.29) is 11.8 Å². The van der Waals surface area contributed by atoms with Crippen molar-refractivity contribution in [1.82, 2.24) is 10.2 Å². The van der Waals surface area contributed by atoms with Gasteiger partial charge >= 0.3 is 0 Å². The van der Waals surface area contributed by atoms with Crippen molar-refractivity contribution in [3.8, 4) is 6.07 Å².